The van der Waals surface area contributed by atoms with Gasteiger partial charge in [0.05, 0.1) is 17.7 Å². The number of imide groups is 1. The van der Waals surface area contributed by atoms with Gasteiger partial charge in [-0.2, -0.15) is 4.63 Å². The van der Waals surface area contributed by atoms with Crippen LogP contribution in [0.25, 0.3) is 0 Å². The van der Waals surface area contributed by atoms with Crippen molar-refractivity contribution < 1.29 is 19.1 Å². The topological polar surface area (TPSA) is 72.9 Å². The number of amides is 2. The standard InChI is InChI=1S/C13H14N4O4/c18-12-10-4-1-2-5-11(10)13(19)15(12)8-9-20-17-16(21-17)14-6-3-7-14/h1-2,4-5H,3,6-9H2. The van der Waals surface area contributed by atoms with E-state index in [1.165, 1.54) is 14.9 Å². The number of aromatic nitrogens is 2. The second kappa shape index (κ2) is 4.44. The molecule has 0 bridgehead atoms. The first-order valence-electron chi connectivity index (χ1n) is 6.87. The third-order valence-corrected chi connectivity index (χ3v) is 3.73. The molecule has 4 rings (SSSR count). The first-order valence-corrected chi connectivity index (χ1v) is 6.87. The zero-order chi connectivity index (χ0) is 14.4. The minimum absolute atomic E-state index is 0.190. The molecular weight excluding hydrogens is 276 g/mol. The van der Waals surface area contributed by atoms with Crippen molar-refractivity contribution in [2.75, 3.05) is 31.3 Å². The van der Waals surface area contributed by atoms with E-state index in [4.69, 9.17) is 9.47 Å². The van der Waals surface area contributed by atoms with Crippen molar-refractivity contribution in [3.8, 4) is 0 Å². The van der Waals surface area contributed by atoms with Gasteiger partial charge in [0, 0.05) is 18.1 Å². The molecule has 110 valence electrons. The van der Waals surface area contributed by atoms with Crippen LogP contribution in [0.5, 0.6) is 0 Å². The molecule has 0 aliphatic carbocycles. The van der Waals surface area contributed by atoms with Crippen LogP contribution >= 0.6 is 0 Å². The summed E-state index contributed by atoms with van der Waals surface area (Å²) < 4.78 is 5.08. The van der Waals surface area contributed by atoms with Gasteiger partial charge in [0.1, 0.15) is 11.6 Å². The summed E-state index contributed by atoms with van der Waals surface area (Å²) in [6.07, 6.45) is 1.14. The summed E-state index contributed by atoms with van der Waals surface area (Å²) in [5, 5.41) is 3.22. The Labute approximate surface area is 119 Å². The molecule has 1 saturated heterocycles. The zero-order valence-electron chi connectivity index (χ0n) is 11.3. The Morgan fingerprint density at radius 3 is 2.33 bits per heavy atom. The third-order valence-electron chi connectivity index (χ3n) is 3.73. The summed E-state index contributed by atoms with van der Waals surface area (Å²) in [7, 11) is 0. The number of hydrogen-bond acceptors (Lipinski definition) is 5. The molecule has 3 heterocycles. The Morgan fingerprint density at radius 2 is 1.76 bits per heavy atom. The van der Waals surface area contributed by atoms with E-state index < -0.39 is 0 Å². The second-order valence-electron chi connectivity index (χ2n) is 5.02. The molecule has 1 aromatic heterocycles. The van der Waals surface area contributed by atoms with E-state index in [9.17, 15) is 9.59 Å². The molecule has 21 heavy (non-hydrogen) atoms. The number of fused-ring (bicyclic) bond motifs is 1. The molecule has 1 aromatic carbocycles. The van der Waals surface area contributed by atoms with Crippen molar-refractivity contribution in [1.29, 1.82) is 0 Å². The molecule has 2 aromatic rings. The molecule has 0 unspecified atom stereocenters. The predicted octanol–water partition coefficient (Wildman–Crippen LogP) is -0.0509. The lowest BCUT2D eigenvalue weighted by Gasteiger charge is -2.25. The van der Waals surface area contributed by atoms with Gasteiger partial charge in [-0.05, 0) is 18.6 Å². The maximum Gasteiger partial charge on any atom is 0.261 e. The number of rotatable bonds is 5. The maximum atomic E-state index is 12.1. The Morgan fingerprint density at radius 1 is 1.10 bits per heavy atom. The molecule has 8 nitrogen and oxygen atoms in total. The van der Waals surface area contributed by atoms with Gasteiger partial charge in [0.15, 0.2) is 0 Å². The minimum Gasteiger partial charge on any atom is -0.364 e. The first-order chi connectivity index (χ1) is 10.3. The number of carbonyl (C=O) groups is 2. The van der Waals surface area contributed by atoms with E-state index in [1.54, 1.807) is 24.3 Å². The summed E-state index contributed by atoms with van der Waals surface area (Å²) in [5.74, 6) is -0.545. The van der Waals surface area contributed by atoms with Gasteiger partial charge in [0.25, 0.3) is 11.8 Å². The minimum atomic E-state index is -0.273. The van der Waals surface area contributed by atoms with E-state index in [0.29, 0.717) is 11.1 Å². The number of carbonyl (C=O) groups excluding carboxylic acids is 2. The molecule has 8 heteroatoms. The van der Waals surface area contributed by atoms with E-state index >= 15 is 0 Å². The summed E-state index contributed by atoms with van der Waals surface area (Å²) in [4.78, 5) is 32.3. The van der Waals surface area contributed by atoms with Crippen molar-refractivity contribution in [1.82, 2.24) is 14.9 Å². The van der Waals surface area contributed by atoms with Gasteiger partial charge in [-0.25, -0.2) is 0 Å². The van der Waals surface area contributed by atoms with Crippen molar-refractivity contribution >= 4 is 11.8 Å². The highest BCUT2D eigenvalue weighted by Gasteiger charge is 2.35. The van der Waals surface area contributed by atoms with E-state index in [0.717, 1.165) is 19.5 Å². The summed E-state index contributed by atoms with van der Waals surface area (Å²) in [5.41, 5.74) is 0.903. The first kappa shape index (κ1) is 12.1. The fourth-order valence-electron chi connectivity index (χ4n) is 2.40. The molecule has 2 amide bonds. The van der Waals surface area contributed by atoms with Gasteiger partial charge in [-0.3, -0.25) is 19.5 Å². The van der Waals surface area contributed by atoms with Crippen LogP contribution in [-0.4, -0.2) is 52.9 Å². The van der Waals surface area contributed by atoms with Gasteiger partial charge < -0.3 is 4.84 Å². The van der Waals surface area contributed by atoms with Gasteiger partial charge >= 0.3 is 0 Å². The Balaban J connectivity index is 1.35. The van der Waals surface area contributed by atoms with Crippen LogP contribution in [0.3, 0.4) is 0 Å². The van der Waals surface area contributed by atoms with Crippen molar-refractivity contribution in [2.24, 2.45) is 0 Å². The van der Waals surface area contributed by atoms with Crippen molar-refractivity contribution in [3.63, 3.8) is 0 Å². The molecule has 0 radical (unpaired) electrons. The summed E-state index contributed by atoms with van der Waals surface area (Å²) in [6.45, 7) is 2.27. The van der Waals surface area contributed by atoms with Crippen LogP contribution in [0.2, 0.25) is 0 Å². The Bertz CT molecular complexity index is 659. The highest BCUT2D eigenvalue weighted by Crippen LogP contribution is 2.21. The van der Waals surface area contributed by atoms with Crippen LogP contribution in [-0.2, 0) is 0 Å². The molecular formula is C13H14N4O4. The van der Waals surface area contributed by atoms with Crippen LogP contribution in [0.1, 0.15) is 27.1 Å². The molecule has 0 atom stereocenters. The average Bonchev–Trinajstić information content (AvgIpc) is 3.14. The van der Waals surface area contributed by atoms with Gasteiger partial charge in [0.2, 0.25) is 0 Å². The molecule has 0 saturated carbocycles. The average molecular weight is 290 g/mol. The summed E-state index contributed by atoms with van der Waals surface area (Å²) in [6, 6.07) is 6.82. The summed E-state index contributed by atoms with van der Waals surface area (Å²) >= 11 is 0. The number of benzene rings is 1. The van der Waals surface area contributed by atoms with E-state index in [-0.39, 0.29) is 25.0 Å². The molecule has 2 aliphatic rings. The molecule has 0 spiro atoms. The van der Waals surface area contributed by atoms with E-state index in [2.05, 4.69) is 0 Å². The maximum absolute atomic E-state index is 12.1. The second-order valence-corrected chi connectivity index (χ2v) is 5.02. The van der Waals surface area contributed by atoms with Crippen molar-refractivity contribution in [3.05, 3.63) is 35.4 Å². The smallest absolute Gasteiger partial charge is 0.261 e. The van der Waals surface area contributed by atoms with Crippen LogP contribution in [0, 0.1) is 0 Å². The van der Waals surface area contributed by atoms with Crippen LogP contribution < -0.4 is 9.85 Å². The number of hydrogen-bond donors (Lipinski definition) is 0. The van der Waals surface area contributed by atoms with Gasteiger partial charge in [-0.15, -0.1) is 0 Å². The Hall–Kier alpha value is -2.64. The molecule has 1 fully saturated rings. The lowest BCUT2D eigenvalue weighted by Crippen LogP contribution is -2.44. The van der Waals surface area contributed by atoms with Crippen LogP contribution in [0.4, 0.5) is 0 Å². The van der Waals surface area contributed by atoms with Crippen LogP contribution in [0.15, 0.2) is 28.9 Å². The SMILES string of the molecule is O=C1c2ccccc2C(=O)N1CCOn1on1N1CCC1. The molecule has 0 N–H and O–H groups in total. The fraction of sp³-hybridized carbons (Fsp3) is 0.385. The third kappa shape index (κ3) is 1.91. The molecule has 2 aliphatic heterocycles. The largest absolute Gasteiger partial charge is 0.364 e. The highest BCUT2D eigenvalue weighted by molar-refractivity contribution is 6.21. The Kier molecular flexibility index (Phi) is 2.56. The lowest BCUT2D eigenvalue weighted by molar-refractivity contribution is 0.0329. The van der Waals surface area contributed by atoms with E-state index in [1.807, 2.05) is 5.01 Å². The monoisotopic (exact) mass is 290 g/mol. The number of nitrogens with zero attached hydrogens (tertiary/aromatic N) is 4. The zero-order valence-corrected chi connectivity index (χ0v) is 11.3. The predicted molar refractivity (Wildman–Crippen MR) is 70.5 cm³/mol. The highest BCUT2D eigenvalue weighted by atomic mass is 17.0. The quantitative estimate of drug-likeness (QED) is 0.722. The van der Waals surface area contributed by atoms with Gasteiger partial charge in [-0.1, -0.05) is 12.1 Å². The fourth-order valence-corrected chi connectivity index (χ4v) is 2.40. The normalized spacial score (nSPS) is 17.3. The lowest BCUT2D eigenvalue weighted by atomic mass is 10.1. The van der Waals surface area contributed by atoms with Crippen molar-refractivity contribution in [2.45, 2.75) is 6.42 Å².